The highest BCUT2D eigenvalue weighted by molar-refractivity contribution is 5.67. The van der Waals surface area contributed by atoms with Gasteiger partial charge in [0.05, 0.1) is 0 Å². The highest BCUT2D eigenvalue weighted by atomic mass is 16.4. The zero-order chi connectivity index (χ0) is 14.5. The maximum Gasteiger partial charge on any atom is 0.303 e. The molecule has 0 bridgehead atoms. The Hall–Kier alpha value is -0.610. The molecule has 2 saturated heterocycles. The van der Waals surface area contributed by atoms with Crippen molar-refractivity contribution in [1.29, 1.82) is 0 Å². The fourth-order valence-electron chi connectivity index (χ4n) is 3.87. The Labute approximate surface area is 123 Å². The maximum absolute atomic E-state index is 10.9. The molecule has 0 aliphatic carbocycles. The molecule has 1 N–H and O–H groups in total. The van der Waals surface area contributed by atoms with Crippen molar-refractivity contribution < 1.29 is 9.90 Å². The molecule has 2 fully saturated rings. The van der Waals surface area contributed by atoms with Crippen molar-refractivity contribution in [2.24, 2.45) is 11.8 Å². The van der Waals surface area contributed by atoms with Crippen LogP contribution in [0.1, 0.15) is 45.4 Å². The zero-order valence-electron chi connectivity index (χ0n) is 13.1. The van der Waals surface area contributed by atoms with Crippen LogP contribution in [-0.4, -0.2) is 60.1 Å². The smallest absolute Gasteiger partial charge is 0.303 e. The van der Waals surface area contributed by atoms with Crippen LogP contribution >= 0.6 is 0 Å². The number of carbonyl (C=O) groups is 1. The van der Waals surface area contributed by atoms with E-state index in [-0.39, 0.29) is 0 Å². The molecule has 0 aromatic rings. The number of carboxylic acids is 1. The molecule has 20 heavy (non-hydrogen) atoms. The van der Waals surface area contributed by atoms with E-state index in [9.17, 15) is 4.79 Å². The second-order valence-electron chi connectivity index (χ2n) is 6.86. The van der Waals surface area contributed by atoms with Gasteiger partial charge in [-0.1, -0.05) is 6.92 Å². The molecule has 0 aromatic carbocycles. The van der Waals surface area contributed by atoms with Gasteiger partial charge in [-0.3, -0.25) is 4.79 Å². The first-order valence-electron chi connectivity index (χ1n) is 8.20. The van der Waals surface area contributed by atoms with Crippen molar-refractivity contribution >= 4 is 5.97 Å². The van der Waals surface area contributed by atoms with E-state index >= 15 is 0 Å². The molecule has 4 nitrogen and oxygen atoms in total. The molecular formula is C16H30N2O2. The fraction of sp³-hybridized carbons (Fsp3) is 0.938. The predicted molar refractivity (Wildman–Crippen MR) is 80.8 cm³/mol. The summed E-state index contributed by atoms with van der Waals surface area (Å²) in [6.45, 7) is 6.87. The lowest BCUT2D eigenvalue weighted by molar-refractivity contribution is -0.138. The van der Waals surface area contributed by atoms with E-state index in [2.05, 4.69) is 23.8 Å². The Balaban J connectivity index is 1.87. The molecule has 0 spiro atoms. The second-order valence-corrected chi connectivity index (χ2v) is 6.86. The van der Waals surface area contributed by atoms with Crippen molar-refractivity contribution in [2.45, 2.75) is 51.5 Å². The van der Waals surface area contributed by atoms with Crippen LogP contribution < -0.4 is 0 Å². The quantitative estimate of drug-likeness (QED) is 0.859. The lowest BCUT2D eigenvalue weighted by Crippen LogP contribution is -2.44. The van der Waals surface area contributed by atoms with E-state index in [1.165, 1.54) is 51.7 Å². The summed E-state index contributed by atoms with van der Waals surface area (Å²) < 4.78 is 0. The van der Waals surface area contributed by atoms with E-state index in [0.29, 0.717) is 18.3 Å². The zero-order valence-corrected chi connectivity index (χ0v) is 13.1. The standard InChI is InChI=1S/C16H30N2O2/c1-13(11-16(19)20)14-5-3-9-18(12-14)15-6-4-8-17(2)10-7-15/h13-15H,3-12H2,1-2H3,(H,19,20). The SMILES string of the molecule is CC(CC(=O)O)C1CCCN(C2CCCN(C)CC2)C1. The summed E-state index contributed by atoms with van der Waals surface area (Å²) in [5, 5.41) is 8.98. The van der Waals surface area contributed by atoms with E-state index in [4.69, 9.17) is 5.11 Å². The normalized spacial score (nSPS) is 31.7. The minimum Gasteiger partial charge on any atom is -0.481 e. The summed E-state index contributed by atoms with van der Waals surface area (Å²) in [6.07, 6.45) is 6.65. The van der Waals surface area contributed by atoms with Gasteiger partial charge in [0.25, 0.3) is 0 Å². The Kier molecular flexibility index (Phi) is 5.85. The number of rotatable bonds is 4. The third kappa shape index (κ3) is 4.45. The summed E-state index contributed by atoms with van der Waals surface area (Å²) in [6, 6.07) is 0.722. The van der Waals surface area contributed by atoms with Gasteiger partial charge >= 0.3 is 5.97 Å². The molecule has 2 aliphatic heterocycles. The Morgan fingerprint density at radius 3 is 2.70 bits per heavy atom. The van der Waals surface area contributed by atoms with Crippen molar-refractivity contribution in [3.05, 3.63) is 0 Å². The molecule has 4 heteroatoms. The van der Waals surface area contributed by atoms with E-state index < -0.39 is 5.97 Å². The van der Waals surface area contributed by atoms with Gasteiger partial charge in [-0.25, -0.2) is 0 Å². The summed E-state index contributed by atoms with van der Waals surface area (Å²) in [4.78, 5) is 16.0. The van der Waals surface area contributed by atoms with Crippen molar-refractivity contribution in [1.82, 2.24) is 9.80 Å². The molecule has 0 aromatic heterocycles. The largest absolute Gasteiger partial charge is 0.481 e. The van der Waals surface area contributed by atoms with E-state index in [1.807, 2.05) is 0 Å². The second kappa shape index (κ2) is 7.41. The monoisotopic (exact) mass is 282 g/mol. The van der Waals surface area contributed by atoms with Gasteiger partial charge in [-0.2, -0.15) is 0 Å². The van der Waals surface area contributed by atoms with Crippen molar-refractivity contribution in [3.63, 3.8) is 0 Å². The molecule has 3 unspecified atom stereocenters. The number of aliphatic carboxylic acids is 1. The molecule has 2 aliphatic rings. The third-order valence-electron chi connectivity index (χ3n) is 5.23. The Morgan fingerprint density at radius 2 is 1.95 bits per heavy atom. The molecule has 0 saturated carbocycles. The summed E-state index contributed by atoms with van der Waals surface area (Å²) in [5.41, 5.74) is 0. The molecule has 2 heterocycles. The molecule has 3 atom stereocenters. The number of hydrogen-bond donors (Lipinski definition) is 1. The van der Waals surface area contributed by atoms with Gasteiger partial charge < -0.3 is 14.9 Å². The molecular weight excluding hydrogens is 252 g/mol. The van der Waals surface area contributed by atoms with Crippen LogP contribution in [0.15, 0.2) is 0 Å². The van der Waals surface area contributed by atoms with Gasteiger partial charge in [0.2, 0.25) is 0 Å². The number of hydrogen-bond acceptors (Lipinski definition) is 3. The molecule has 0 amide bonds. The first kappa shape index (κ1) is 15.8. The summed E-state index contributed by atoms with van der Waals surface area (Å²) in [5.74, 6) is 0.232. The van der Waals surface area contributed by atoms with Crippen LogP contribution in [0.25, 0.3) is 0 Å². The average Bonchev–Trinajstić information content (AvgIpc) is 2.63. The van der Waals surface area contributed by atoms with Crippen LogP contribution in [0.3, 0.4) is 0 Å². The molecule has 0 radical (unpaired) electrons. The molecule has 2 rings (SSSR count). The highest BCUT2D eigenvalue weighted by Gasteiger charge is 2.30. The van der Waals surface area contributed by atoms with Gasteiger partial charge in [0.15, 0.2) is 0 Å². The van der Waals surface area contributed by atoms with Crippen LogP contribution in [0, 0.1) is 11.8 Å². The van der Waals surface area contributed by atoms with E-state index in [1.54, 1.807) is 0 Å². The van der Waals surface area contributed by atoms with Gasteiger partial charge in [-0.15, -0.1) is 0 Å². The van der Waals surface area contributed by atoms with Gasteiger partial charge in [0, 0.05) is 19.0 Å². The van der Waals surface area contributed by atoms with Gasteiger partial charge in [-0.05, 0) is 70.6 Å². The van der Waals surface area contributed by atoms with Crippen molar-refractivity contribution in [2.75, 3.05) is 33.2 Å². The lowest BCUT2D eigenvalue weighted by Gasteiger charge is -2.40. The predicted octanol–water partition coefficient (Wildman–Crippen LogP) is 2.29. The van der Waals surface area contributed by atoms with Crippen molar-refractivity contribution in [3.8, 4) is 0 Å². The Morgan fingerprint density at radius 1 is 1.20 bits per heavy atom. The lowest BCUT2D eigenvalue weighted by atomic mass is 9.84. The summed E-state index contributed by atoms with van der Waals surface area (Å²) in [7, 11) is 2.22. The first-order chi connectivity index (χ1) is 9.56. The third-order valence-corrected chi connectivity index (χ3v) is 5.23. The van der Waals surface area contributed by atoms with Crippen LogP contribution in [0.5, 0.6) is 0 Å². The maximum atomic E-state index is 10.9. The Bertz CT molecular complexity index is 322. The van der Waals surface area contributed by atoms with Crippen LogP contribution in [0.4, 0.5) is 0 Å². The number of carboxylic acid groups (broad SMARTS) is 1. The number of nitrogens with zero attached hydrogens (tertiary/aromatic N) is 2. The van der Waals surface area contributed by atoms with Gasteiger partial charge in [0.1, 0.15) is 0 Å². The number of piperidine rings is 1. The summed E-state index contributed by atoms with van der Waals surface area (Å²) >= 11 is 0. The van der Waals surface area contributed by atoms with Crippen LogP contribution in [-0.2, 0) is 4.79 Å². The minimum atomic E-state index is -0.647. The minimum absolute atomic E-state index is 0.309. The fourth-order valence-corrected chi connectivity index (χ4v) is 3.87. The average molecular weight is 282 g/mol. The van der Waals surface area contributed by atoms with E-state index in [0.717, 1.165) is 12.6 Å². The topological polar surface area (TPSA) is 43.8 Å². The number of likely N-dealkylation sites (tertiary alicyclic amines) is 2. The van der Waals surface area contributed by atoms with Crippen LogP contribution in [0.2, 0.25) is 0 Å². The first-order valence-corrected chi connectivity index (χ1v) is 8.20. The molecule has 116 valence electrons. The highest BCUT2D eigenvalue weighted by Crippen LogP contribution is 2.29.